The molecule has 0 radical (unpaired) electrons. The molecule has 2 N–H and O–H groups in total. The molecule has 2 aromatic rings. The van der Waals surface area contributed by atoms with Gasteiger partial charge in [0.05, 0.1) is 20.4 Å². The van der Waals surface area contributed by atoms with Gasteiger partial charge in [-0.2, -0.15) is 0 Å². The van der Waals surface area contributed by atoms with Crippen molar-refractivity contribution in [3.8, 4) is 11.5 Å². The van der Waals surface area contributed by atoms with Crippen LogP contribution in [0.4, 0.5) is 17.1 Å². The summed E-state index contributed by atoms with van der Waals surface area (Å²) in [6.07, 6.45) is 0. The predicted octanol–water partition coefficient (Wildman–Crippen LogP) is 3.64. The van der Waals surface area contributed by atoms with E-state index in [-0.39, 0.29) is 28.6 Å². The maximum Gasteiger partial charge on any atom is 0.312 e. The molecule has 0 aliphatic rings. The average molecular weight is 354 g/mol. The van der Waals surface area contributed by atoms with E-state index in [1.165, 1.54) is 24.3 Å². The number of para-hydroxylation sites is 1. The fraction of sp³-hybridized carbons (Fsp3) is 0. The second-order valence-electron chi connectivity index (χ2n) is 3.96. The summed E-state index contributed by atoms with van der Waals surface area (Å²) in [4.78, 5) is 20.5. The van der Waals surface area contributed by atoms with E-state index in [0.29, 0.717) is 4.47 Å². The number of benzene rings is 2. The lowest BCUT2D eigenvalue weighted by Crippen LogP contribution is -1.96. The molecule has 8 nitrogen and oxygen atoms in total. The van der Waals surface area contributed by atoms with Crippen LogP contribution in [-0.2, 0) is 0 Å². The van der Waals surface area contributed by atoms with E-state index in [9.17, 15) is 20.2 Å². The van der Waals surface area contributed by atoms with Crippen molar-refractivity contribution in [2.24, 2.45) is 0 Å². The van der Waals surface area contributed by atoms with Gasteiger partial charge in [0.15, 0.2) is 0 Å². The number of nitro groups is 2. The first-order valence-electron chi connectivity index (χ1n) is 5.54. The van der Waals surface area contributed by atoms with Crippen molar-refractivity contribution in [1.29, 1.82) is 0 Å². The molecule has 0 heterocycles. The highest BCUT2D eigenvalue weighted by Crippen LogP contribution is 2.39. The summed E-state index contributed by atoms with van der Waals surface area (Å²) < 4.78 is 5.75. The Morgan fingerprint density at radius 2 is 1.81 bits per heavy atom. The zero-order valence-electron chi connectivity index (χ0n) is 10.4. The molecule has 21 heavy (non-hydrogen) atoms. The van der Waals surface area contributed by atoms with E-state index < -0.39 is 9.85 Å². The van der Waals surface area contributed by atoms with Crippen LogP contribution in [0, 0.1) is 20.2 Å². The van der Waals surface area contributed by atoms with Crippen molar-refractivity contribution >= 4 is 33.0 Å². The van der Waals surface area contributed by atoms with Crippen molar-refractivity contribution in [2.45, 2.75) is 0 Å². The Kier molecular flexibility index (Phi) is 4.03. The number of non-ortho nitro benzene ring substituents is 1. The third-order valence-electron chi connectivity index (χ3n) is 2.49. The first-order valence-corrected chi connectivity index (χ1v) is 6.33. The number of hydrogen-bond donors (Lipinski definition) is 1. The van der Waals surface area contributed by atoms with Gasteiger partial charge >= 0.3 is 5.69 Å². The predicted molar refractivity (Wildman–Crippen MR) is 78.4 cm³/mol. The lowest BCUT2D eigenvalue weighted by atomic mass is 10.2. The van der Waals surface area contributed by atoms with Crippen molar-refractivity contribution in [1.82, 2.24) is 0 Å². The summed E-state index contributed by atoms with van der Waals surface area (Å²) in [7, 11) is 0. The zero-order valence-corrected chi connectivity index (χ0v) is 11.9. The number of ether oxygens (including phenoxy) is 1. The Labute approximate surface area is 126 Å². The van der Waals surface area contributed by atoms with Crippen molar-refractivity contribution in [2.75, 3.05) is 5.73 Å². The molecule has 0 saturated carbocycles. The number of rotatable bonds is 4. The van der Waals surface area contributed by atoms with Gasteiger partial charge in [-0.3, -0.25) is 20.2 Å². The lowest BCUT2D eigenvalue weighted by molar-refractivity contribution is -0.386. The van der Waals surface area contributed by atoms with Crippen LogP contribution in [0.15, 0.2) is 40.9 Å². The Bertz CT molecular complexity index is 735. The molecule has 0 bridgehead atoms. The minimum Gasteiger partial charge on any atom is -0.449 e. The van der Waals surface area contributed by atoms with E-state index in [2.05, 4.69) is 15.9 Å². The van der Waals surface area contributed by atoms with Gasteiger partial charge in [0.1, 0.15) is 5.75 Å². The lowest BCUT2D eigenvalue weighted by Gasteiger charge is -2.08. The van der Waals surface area contributed by atoms with E-state index in [0.717, 1.165) is 6.07 Å². The number of hydrogen-bond acceptors (Lipinski definition) is 6. The fourth-order valence-corrected chi connectivity index (χ4v) is 2.07. The highest BCUT2D eigenvalue weighted by atomic mass is 79.9. The molecule has 0 fully saturated rings. The molecule has 9 heteroatoms. The minimum atomic E-state index is -0.627. The van der Waals surface area contributed by atoms with Crippen LogP contribution in [-0.4, -0.2) is 9.85 Å². The van der Waals surface area contributed by atoms with Crippen LogP contribution in [0.1, 0.15) is 0 Å². The topological polar surface area (TPSA) is 122 Å². The summed E-state index contributed by atoms with van der Waals surface area (Å²) in [5, 5.41) is 21.8. The number of nitrogens with two attached hydrogens (primary N) is 1. The van der Waals surface area contributed by atoms with Crippen LogP contribution in [0.25, 0.3) is 0 Å². The van der Waals surface area contributed by atoms with Gasteiger partial charge in [-0.05, 0) is 22.0 Å². The van der Waals surface area contributed by atoms with Gasteiger partial charge in [-0.25, -0.2) is 0 Å². The Balaban J connectivity index is 2.48. The Morgan fingerprint density at radius 3 is 2.43 bits per heavy atom. The van der Waals surface area contributed by atoms with Crippen LogP contribution in [0.2, 0.25) is 0 Å². The smallest absolute Gasteiger partial charge is 0.312 e. The molecule has 2 aromatic carbocycles. The highest BCUT2D eigenvalue weighted by Gasteiger charge is 2.20. The normalized spacial score (nSPS) is 10.1. The van der Waals surface area contributed by atoms with Crippen molar-refractivity contribution in [3.05, 3.63) is 61.1 Å². The molecule has 0 atom stereocenters. The molecule has 0 spiro atoms. The van der Waals surface area contributed by atoms with Crippen LogP contribution in [0.5, 0.6) is 11.5 Å². The minimum absolute atomic E-state index is 0.0386. The van der Waals surface area contributed by atoms with Crippen LogP contribution in [0.3, 0.4) is 0 Å². The first kappa shape index (κ1) is 14.7. The number of nitro benzene ring substituents is 2. The third kappa shape index (κ3) is 3.26. The molecule has 0 unspecified atom stereocenters. The van der Waals surface area contributed by atoms with Crippen LogP contribution >= 0.6 is 15.9 Å². The molecule has 108 valence electrons. The van der Waals surface area contributed by atoms with Gasteiger partial charge in [0, 0.05) is 23.9 Å². The Hall–Kier alpha value is -2.68. The standard InChI is InChI=1S/C12H8BrN3O5/c13-10-2-1-3-11(16(19)20)12(10)21-9-5-7(14)4-8(6-9)15(17)18/h1-6H,14H2. The van der Waals surface area contributed by atoms with E-state index in [4.69, 9.17) is 10.5 Å². The summed E-state index contributed by atoms with van der Waals surface area (Å²) in [5.41, 5.74) is 5.14. The maximum absolute atomic E-state index is 11.0. The zero-order chi connectivity index (χ0) is 15.6. The summed E-state index contributed by atoms with van der Waals surface area (Å²) in [6.45, 7) is 0. The largest absolute Gasteiger partial charge is 0.449 e. The first-order chi connectivity index (χ1) is 9.88. The third-order valence-corrected chi connectivity index (χ3v) is 3.11. The van der Waals surface area contributed by atoms with Gasteiger partial charge in [-0.1, -0.05) is 6.07 Å². The van der Waals surface area contributed by atoms with Gasteiger partial charge in [-0.15, -0.1) is 0 Å². The maximum atomic E-state index is 11.0. The number of nitrogen functional groups attached to an aromatic ring is 1. The van der Waals surface area contributed by atoms with E-state index in [1.807, 2.05) is 0 Å². The van der Waals surface area contributed by atoms with E-state index in [1.54, 1.807) is 6.07 Å². The molecule has 0 aliphatic heterocycles. The van der Waals surface area contributed by atoms with Gasteiger partial charge in [0.2, 0.25) is 5.75 Å². The van der Waals surface area contributed by atoms with Crippen molar-refractivity contribution in [3.63, 3.8) is 0 Å². The SMILES string of the molecule is Nc1cc(Oc2c(Br)cccc2[N+](=O)[O-])cc([N+](=O)[O-])c1. The van der Waals surface area contributed by atoms with Crippen LogP contribution < -0.4 is 10.5 Å². The molecule has 0 amide bonds. The summed E-state index contributed by atoms with van der Waals surface area (Å²) >= 11 is 3.14. The van der Waals surface area contributed by atoms with Gasteiger partial charge < -0.3 is 10.5 Å². The summed E-state index contributed by atoms with van der Waals surface area (Å²) in [6, 6.07) is 7.96. The van der Waals surface area contributed by atoms with Crippen molar-refractivity contribution < 1.29 is 14.6 Å². The van der Waals surface area contributed by atoms with Gasteiger partial charge in [0.25, 0.3) is 5.69 Å². The number of nitrogens with zero attached hydrogens (tertiary/aromatic N) is 2. The Morgan fingerprint density at radius 1 is 1.10 bits per heavy atom. The molecule has 0 aromatic heterocycles. The molecular weight excluding hydrogens is 346 g/mol. The molecule has 0 saturated heterocycles. The average Bonchev–Trinajstić information content (AvgIpc) is 2.40. The quantitative estimate of drug-likeness (QED) is 0.508. The second kappa shape index (κ2) is 5.75. The summed E-state index contributed by atoms with van der Waals surface area (Å²) in [5.74, 6) is -0.0147. The molecule has 2 rings (SSSR count). The fourth-order valence-electron chi connectivity index (χ4n) is 1.63. The molecular formula is C12H8BrN3O5. The number of anilines is 1. The monoisotopic (exact) mass is 353 g/mol. The van der Waals surface area contributed by atoms with E-state index >= 15 is 0 Å². The highest BCUT2D eigenvalue weighted by molar-refractivity contribution is 9.10. The molecule has 0 aliphatic carbocycles. The number of halogens is 1. The second-order valence-corrected chi connectivity index (χ2v) is 4.82.